The molecule has 0 atom stereocenters. The minimum atomic E-state index is -0.273. The SMILES string of the molecule is Cc1cc(OCC(=O)Nc2cccc(C(=O)N(C)C)c2)ccc1C(C)C. The summed E-state index contributed by atoms with van der Waals surface area (Å²) in [5.74, 6) is 0.728. The van der Waals surface area contributed by atoms with E-state index in [0.29, 0.717) is 22.9 Å². The third-order valence-corrected chi connectivity index (χ3v) is 4.03. The van der Waals surface area contributed by atoms with E-state index in [1.807, 2.05) is 25.1 Å². The molecule has 2 amide bonds. The first-order valence-electron chi connectivity index (χ1n) is 8.63. The Labute approximate surface area is 155 Å². The Morgan fingerprint density at radius 3 is 2.46 bits per heavy atom. The normalized spacial score (nSPS) is 10.5. The maximum Gasteiger partial charge on any atom is 0.262 e. The average molecular weight is 354 g/mol. The van der Waals surface area contributed by atoms with Gasteiger partial charge in [-0.05, 0) is 54.3 Å². The summed E-state index contributed by atoms with van der Waals surface area (Å²) in [6.45, 7) is 6.23. The Hall–Kier alpha value is -2.82. The highest BCUT2D eigenvalue weighted by Gasteiger charge is 2.10. The second-order valence-corrected chi connectivity index (χ2v) is 6.79. The van der Waals surface area contributed by atoms with Crippen LogP contribution >= 0.6 is 0 Å². The maximum absolute atomic E-state index is 12.1. The predicted octanol–water partition coefficient (Wildman–Crippen LogP) is 3.84. The zero-order valence-electron chi connectivity index (χ0n) is 16.0. The third-order valence-electron chi connectivity index (χ3n) is 4.03. The lowest BCUT2D eigenvalue weighted by atomic mass is 9.98. The molecule has 0 spiro atoms. The van der Waals surface area contributed by atoms with Crippen molar-refractivity contribution in [2.75, 3.05) is 26.0 Å². The fourth-order valence-electron chi connectivity index (χ4n) is 2.72. The van der Waals surface area contributed by atoms with Crippen molar-refractivity contribution in [1.29, 1.82) is 0 Å². The molecule has 0 bridgehead atoms. The summed E-state index contributed by atoms with van der Waals surface area (Å²) in [4.78, 5) is 25.6. The molecule has 0 aliphatic carbocycles. The molecule has 2 aromatic carbocycles. The summed E-state index contributed by atoms with van der Waals surface area (Å²) in [6.07, 6.45) is 0. The number of hydrogen-bond acceptors (Lipinski definition) is 3. The van der Waals surface area contributed by atoms with Crippen LogP contribution in [0.2, 0.25) is 0 Å². The molecule has 1 N–H and O–H groups in total. The molecule has 0 saturated heterocycles. The van der Waals surface area contributed by atoms with Crippen LogP contribution in [0.3, 0.4) is 0 Å². The topological polar surface area (TPSA) is 58.6 Å². The molecule has 0 radical (unpaired) electrons. The number of amides is 2. The number of anilines is 1. The average Bonchev–Trinajstić information content (AvgIpc) is 2.59. The Bertz CT molecular complexity index is 798. The van der Waals surface area contributed by atoms with Gasteiger partial charge in [-0.15, -0.1) is 0 Å². The highest BCUT2D eigenvalue weighted by Crippen LogP contribution is 2.23. The molecule has 26 heavy (non-hydrogen) atoms. The Balaban J connectivity index is 1.96. The van der Waals surface area contributed by atoms with Gasteiger partial charge in [-0.3, -0.25) is 9.59 Å². The smallest absolute Gasteiger partial charge is 0.262 e. The fraction of sp³-hybridized carbons (Fsp3) is 0.333. The molecule has 5 heteroatoms. The van der Waals surface area contributed by atoms with Crippen molar-refractivity contribution in [3.8, 4) is 5.75 Å². The summed E-state index contributed by atoms with van der Waals surface area (Å²) >= 11 is 0. The predicted molar refractivity (Wildman–Crippen MR) is 104 cm³/mol. The van der Waals surface area contributed by atoms with Gasteiger partial charge in [0.2, 0.25) is 0 Å². The van der Waals surface area contributed by atoms with Gasteiger partial charge in [0.15, 0.2) is 6.61 Å². The molecule has 0 aromatic heterocycles. The number of carbonyl (C=O) groups is 2. The Morgan fingerprint density at radius 1 is 1.12 bits per heavy atom. The number of ether oxygens (including phenoxy) is 1. The lowest BCUT2D eigenvalue weighted by Gasteiger charge is -2.13. The van der Waals surface area contributed by atoms with Crippen LogP contribution in [0.5, 0.6) is 5.75 Å². The van der Waals surface area contributed by atoms with E-state index in [2.05, 4.69) is 19.2 Å². The van der Waals surface area contributed by atoms with Crippen LogP contribution in [-0.2, 0) is 4.79 Å². The van der Waals surface area contributed by atoms with E-state index in [-0.39, 0.29) is 18.4 Å². The van der Waals surface area contributed by atoms with Gasteiger partial charge in [-0.1, -0.05) is 26.0 Å². The number of hydrogen-bond donors (Lipinski definition) is 1. The van der Waals surface area contributed by atoms with Crippen molar-refractivity contribution in [2.45, 2.75) is 26.7 Å². The molecular weight excluding hydrogens is 328 g/mol. The van der Waals surface area contributed by atoms with Crippen molar-refractivity contribution < 1.29 is 14.3 Å². The van der Waals surface area contributed by atoms with Crippen LogP contribution in [0.4, 0.5) is 5.69 Å². The summed E-state index contributed by atoms with van der Waals surface area (Å²) in [7, 11) is 3.38. The van der Waals surface area contributed by atoms with Gasteiger partial charge in [0.1, 0.15) is 5.75 Å². The van der Waals surface area contributed by atoms with Gasteiger partial charge in [0.25, 0.3) is 11.8 Å². The van der Waals surface area contributed by atoms with Crippen molar-refractivity contribution in [1.82, 2.24) is 4.90 Å². The highest BCUT2D eigenvalue weighted by molar-refractivity contribution is 5.97. The van der Waals surface area contributed by atoms with E-state index < -0.39 is 0 Å². The van der Waals surface area contributed by atoms with E-state index in [1.54, 1.807) is 38.4 Å². The lowest BCUT2D eigenvalue weighted by molar-refractivity contribution is -0.118. The molecule has 0 unspecified atom stereocenters. The second-order valence-electron chi connectivity index (χ2n) is 6.79. The van der Waals surface area contributed by atoms with E-state index in [4.69, 9.17) is 4.74 Å². The van der Waals surface area contributed by atoms with Crippen LogP contribution in [-0.4, -0.2) is 37.4 Å². The highest BCUT2D eigenvalue weighted by atomic mass is 16.5. The van der Waals surface area contributed by atoms with Gasteiger partial charge < -0.3 is 15.0 Å². The first-order valence-corrected chi connectivity index (χ1v) is 8.63. The van der Waals surface area contributed by atoms with Crippen molar-refractivity contribution in [3.63, 3.8) is 0 Å². The van der Waals surface area contributed by atoms with Crippen molar-refractivity contribution >= 4 is 17.5 Å². The van der Waals surface area contributed by atoms with Crippen molar-refractivity contribution in [3.05, 3.63) is 59.2 Å². The van der Waals surface area contributed by atoms with Crippen LogP contribution in [0, 0.1) is 6.92 Å². The number of nitrogens with one attached hydrogen (secondary N) is 1. The van der Waals surface area contributed by atoms with Gasteiger partial charge in [-0.2, -0.15) is 0 Å². The molecule has 2 rings (SSSR count). The van der Waals surface area contributed by atoms with Gasteiger partial charge in [0, 0.05) is 25.3 Å². The number of benzene rings is 2. The number of aryl methyl sites for hydroxylation is 1. The minimum Gasteiger partial charge on any atom is -0.484 e. The summed E-state index contributed by atoms with van der Waals surface area (Å²) in [6, 6.07) is 12.7. The van der Waals surface area contributed by atoms with Crippen LogP contribution in [0.25, 0.3) is 0 Å². The number of nitrogens with zero attached hydrogens (tertiary/aromatic N) is 1. The Morgan fingerprint density at radius 2 is 1.85 bits per heavy atom. The second kappa shape index (κ2) is 8.52. The molecule has 0 saturated carbocycles. The first-order chi connectivity index (χ1) is 12.3. The molecule has 5 nitrogen and oxygen atoms in total. The molecular formula is C21H26N2O3. The molecule has 2 aromatic rings. The van der Waals surface area contributed by atoms with E-state index in [9.17, 15) is 9.59 Å². The van der Waals surface area contributed by atoms with E-state index in [0.717, 1.165) is 5.56 Å². The standard InChI is InChI=1S/C21H26N2O3/c1-14(2)19-10-9-18(11-15(19)3)26-13-20(24)22-17-8-6-7-16(12-17)21(25)23(4)5/h6-12,14H,13H2,1-5H3,(H,22,24). The minimum absolute atomic E-state index is 0.0910. The summed E-state index contributed by atoms with van der Waals surface area (Å²) in [5, 5.41) is 2.76. The van der Waals surface area contributed by atoms with Crippen LogP contribution in [0.15, 0.2) is 42.5 Å². The van der Waals surface area contributed by atoms with E-state index in [1.165, 1.54) is 10.5 Å². The lowest BCUT2D eigenvalue weighted by Crippen LogP contribution is -2.23. The zero-order chi connectivity index (χ0) is 19.3. The van der Waals surface area contributed by atoms with Crippen LogP contribution < -0.4 is 10.1 Å². The van der Waals surface area contributed by atoms with Crippen LogP contribution in [0.1, 0.15) is 41.3 Å². The van der Waals surface area contributed by atoms with Gasteiger partial charge in [-0.25, -0.2) is 0 Å². The number of carbonyl (C=O) groups excluding carboxylic acids is 2. The molecule has 0 heterocycles. The summed E-state index contributed by atoms with van der Waals surface area (Å²) in [5.41, 5.74) is 3.50. The zero-order valence-corrected chi connectivity index (χ0v) is 16.0. The largest absolute Gasteiger partial charge is 0.484 e. The van der Waals surface area contributed by atoms with Crippen molar-refractivity contribution in [2.24, 2.45) is 0 Å². The first kappa shape index (κ1) is 19.5. The summed E-state index contributed by atoms with van der Waals surface area (Å²) < 4.78 is 5.58. The van der Waals surface area contributed by atoms with E-state index >= 15 is 0 Å². The molecule has 0 aliphatic rings. The maximum atomic E-state index is 12.1. The number of rotatable bonds is 6. The molecule has 138 valence electrons. The Kier molecular flexibility index (Phi) is 6.39. The van der Waals surface area contributed by atoms with Gasteiger partial charge in [0.05, 0.1) is 0 Å². The fourth-order valence-corrected chi connectivity index (χ4v) is 2.72. The molecule has 0 fully saturated rings. The molecule has 0 aliphatic heterocycles. The quantitative estimate of drug-likeness (QED) is 0.857. The third kappa shape index (κ3) is 5.09. The van der Waals surface area contributed by atoms with Gasteiger partial charge >= 0.3 is 0 Å². The monoisotopic (exact) mass is 354 g/mol.